The molecule has 0 aliphatic rings. The van der Waals surface area contributed by atoms with Crippen molar-refractivity contribution in [2.75, 3.05) is 0 Å². The first-order chi connectivity index (χ1) is 7.22. The lowest BCUT2D eigenvalue weighted by Gasteiger charge is -2.28. The van der Waals surface area contributed by atoms with Crippen LogP contribution >= 0.6 is 0 Å². The molecule has 0 saturated carbocycles. The third-order valence-corrected chi connectivity index (χ3v) is 9.31. The van der Waals surface area contributed by atoms with Gasteiger partial charge in [-0.3, -0.25) is 4.79 Å². The number of carbonyl (C=O) groups excluding carboxylic acids is 1. The second kappa shape index (κ2) is 5.26. The van der Waals surface area contributed by atoms with Crippen molar-refractivity contribution in [1.29, 1.82) is 0 Å². The number of benzene rings is 1. The standard InChI is InChI=1S/C13H20OSi/c1-4-15(5-2,6-3)13-9-7-12(11-14)8-10-13/h7-11H,4-6H2,1-3H3. The van der Waals surface area contributed by atoms with Gasteiger partial charge in [0.2, 0.25) is 0 Å². The van der Waals surface area contributed by atoms with E-state index in [1.54, 1.807) is 0 Å². The van der Waals surface area contributed by atoms with Crippen molar-refractivity contribution >= 4 is 19.5 Å². The van der Waals surface area contributed by atoms with Crippen molar-refractivity contribution < 1.29 is 4.79 Å². The molecule has 0 heterocycles. The van der Waals surface area contributed by atoms with E-state index in [1.165, 1.54) is 23.3 Å². The van der Waals surface area contributed by atoms with Gasteiger partial charge in [-0.25, -0.2) is 0 Å². The first-order valence-electron chi connectivity index (χ1n) is 5.78. The van der Waals surface area contributed by atoms with Gasteiger partial charge in [0.05, 0.1) is 8.07 Å². The van der Waals surface area contributed by atoms with Crippen LogP contribution in [0.1, 0.15) is 31.1 Å². The molecule has 0 saturated heterocycles. The van der Waals surface area contributed by atoms with E-state index in [2.05, 4.69) is 32.9 Å². The summed E-state index contributed by atoms with van der Waals surface area (Å²) >= 11 is 0. The topological polar surface area (TPSA) is 17.1 Å². The van der Waals surface area contributed by atoms with E-state index in [9.17, 15) is 4.79 Å². The molecule has 0 aliphatic carbocycles. The Hall–Kier alpha value is -0.893. The molecule has 0 unspecified atom stereocenters. The highest BCUT2D eigenvalue weighted by atomic mass is 28.3. The van der Waals surface area contributed by atoms with Crippen LogP contribution < -0.4 is 5.19 Å². The fourth-order valence-corrected chi connectivity index (χ4v) is 5.88. The minimum Gasteiger partial charge on any atom is -0.298 e. The number of carbonyl (C=O) groups is 1. The van der Waals surface area contributed by atoms with Gasteiger partial charge < -0.3 is 0 Å². The maximum Gasteiger partial charge on any atom is 0.150 e. The van der Waals surface area contributed by atoms with Crippen molar-refractivity contribution in [3.05, 3.63) is 29.8 Å². The SMILES string of the molecule is CC[Si](CC)(CC)c1ccc(C=O)cc1. The Morgan fingerprint density at radius 2 is 1.47 bits per heavy atom. The van der Waals surface area contributed by atoms with Gasteiger partial charge in [-0.2, -0.15) is 0 Å². The Labute approximate surface area is 93.5 Å². The van der Waals surface area contributed by atoms with Crippen molar-refractivity contribution in [3.63, 3.8) is 0 Å². The van der Waals surface area contributed by atoms with Crippen LogP contribution in [0, 0.1) is 0 Å². The molecular weight excluding hydrogens is 200 g/mol. The molecular formula is C13H20OSi. The van der Waals surface area contributed by atoms with Crippen LogP contribution in [-0.4, -0.2) is 14.4 Å². The molecule has 0 aliphatic heterocycles. The molecule has 2 heteroatoms. The normalized spacial score (nSPS) is 11.4. The number of hydrogen-bond acceptors (Lipinski definition) is 1. The van der Waals surface area contributed by atoms with Gasteiger partial charge in [-0.05, 0) is 0 Å². The van der Waals surface area contributed by atoms with Gasteiger partial charge in [0.25, 0.3) is 0 Å². The van der Waals surface area contributed by atoms with Crippen LogP contribution in [0.25, 0.3) is 0 Å². The molecule has 1 nitrogen and oxygen atoms in total. The second-order valence-electron chi connectivity index (χ2n) is 4.08. The number of hydrogen-bond donors (Lipinski definition) is 0. The highest BCUT2D eigenvalue weighted by Crippen LogP contribution is 2.20. The zero-order chi connectivity index (χ0) is 11.3. The fourth-order valence-electron chi connectivity index (χ4n) is 2.28. The summed E-state index contributed by atoms with van der Waals surface area (Å²) in [4.78, 5) is 10.6. The van der Waals surface area contributed by atoms with Crippen LogP contribution in [0.3, 0.4) is 0 Å². The summed E-state index contributed by atoms with van der Waals surface area (Å²) in [7, 11) is -1.25. The molecule has 0 spiro atoms. The lowest BCUT2D eigenvalue weighted by Crippen LogP contribution is -2.45. The van der Waals surface area contributed by atoms with Crippen molar-refractivity contribution in [3.8, 4) is 0 Å². The largest absolute Gasteiger partial charge is 0.298 e. The third kappa shape index (κ3) is 2.37. The Kier molecular flexibility index (Phi) is 4.27. The highest BCUT2D eigenvalue weighted by Gasteiger charge is 2.28. The molecule has 1 aromatic rings. The summed E-state index contributed by atoms with van der Waals surface area (Å²) in [5, 5.41) is 1.50. The van der Waals surface area contributed by atoms with Crippen molar-refractivity contribution in [2.45, 2.75) is 38.9 Å². The molecule has 0 amide bonds. The summed E-state index contributed by atoms with van der Waals surface area (Å²) in [6, 6.07) is 12.1. The Morgan fingerprint density at radius 3 is 1.80 bits per heavy atom. The predicted octanol–water partition coefficient (Wildman–Crippen LogP) is 3.21. The monoisotopic (exact) mass is 220 g/mol. The summed E-state index contributed by atoms with van der Waals surface area (Å²) in [5.74, 6) is 0. The Bertz CT molecular complexity index is 304. The van der Waals surface area contributed by atoms with Crippen LogP contribution in [-0.2, 0) is 0 Å². The zero-order valence-corrected chi connectivity index (χ0v) is 10.9. The Balaban J connectivity index is 3.06. The second-order valence-corrected chi connectivity index (χ2v) is 9.34. The average molecular weight is 220 g/mol. The van der Waals surface area contributed by atoms with E-state index in [4.69, 9.17) is 0 Å². The van der Waals surface area contributed by atoms with Gasteiger partial charge in [0.1, 0.15) is 6.29 Å². The first-order valence-corrected chi connectivity index (χ1v) is 8.40. The Morgan fingerprint density at radius 1 is 1.00 bits per heavy atom. The van der Waals surface area contributed by atoms with Gasteiger partial charge in [0.15, 0.2) is 0 Å². The average Bonchev–Trinajstić information content (AvgIpc) is 2.33. The van der Waals surface area contributed by atoms with E-state index >= 15 is 0 Å². The van der Waals surface area contributed by atoms with Crippen LogP contribution in [0.4, 0.5) is 0 Å². The minimum absolute atomic E-state index is 0.782. The van der Waals surface area contributed by atoms with Crippen molar-refractivity contribution in [2.24, 2.45) is 0 Å². The smallest absolute Gasteiger partial charge is 0.150 e. The van der Waals surface area contributed by atoms with E-state index in [0.717, 1.165) is 11.8 Å². The predicted molar refractivity (Wildman–Crippen MR) is 68.7 cm³/mol. The zero-order valence-electron chi connectivity index (χ0n) is 9.92. The molecule has 0 radical (unpaired) electrons. The molecule has 15 heavy (non-hydrogen) atoms. The first kappa shape index (κ1) is 12.2. The van der Waals surface area contributed by atoms with E-state index in [1.807, 2.05) is 12.1 Å². The molecule has 0 aromatic heterocycles. The van der Waals surface area contributed by atoms with Crippen LogP contribution in [0.15, 0.2) is 24.3 Å². The highest BCUT2D eigenvalue weighted by molar-refractivity contribution is 6.91. The molecule has 0 fully saturated rings. The van der Waals surface area contributed by atoms with Gasteiger partial charge in [0, 0.05) is 5.56 Å². The van der Waals surface area contributed by atoms with E-state index in [-0.39, 0.29) is 0 Å². The summed E-state index contributed by atoms with van der Waals surface area (Å²) in [6.45, 7) is 6.90. The van der Waals surface area contributed by atoms with Gasteiger partial charge in [-0.15, -0.1) is 0 Å². The van der Waals surface area contributed by atoms with Gasteiger partial charge in [-0.1, -0.05) is 68.4 Å². The van der Waals surface area contributed by atoms with Crippen LogP contribution in [0.5, 0.6) is 0 Å². The lowest BCUT2D eigenvalue weighted by molar-refractivity contribution is 0.112. The lowest BCUT2D eigenvalue weighted by atomic mass is 10.2. The number of rotatable bonds is 5. The van der Waals surface area contributed by atoms with Crippen LogP contribution in [0.2, 0.25) is 18.1 Å². The third-order valence-electron chi connectivity index (χ3n) is 3.69. The fraction of sp³-hybridized carbons (Fsp3) is 0.462. The van der Waals surface area contributed by atoms with Crippen molar-refractivity contribution in [1.82, 2.24) is 0 Å². The molecule has 0 N–H and O–H groups in total. The quantitative estimate of drug-likeness (QED) is 0.550. The van der Waals surface area contributed by atoms with E-state index in [0.29, 0.717) is 0 Å². The maximum absolute atomic E-state index is 10.6. The maximum atomic E-state index is 10.6. The summed E-state index contributed by atoms with van der Waals surface area (Å²) in [5.41, 5.74) is 0.782. The molecule has 0 bridgehead atoms. The van der Waals surface area contributed by atoms with Gasteiger partial charge >= 0.3 is 0 Å². The molecule has 82 valence electrons. The summed E-state index contributed by atoms with van der Waals surface area (Å²) < 4.78 is 0. The summed E-state index contributed by atoms with van der Waals surface area (Å²) in [6.07, 6.45) is 0.914. The number of aldehydes is 1. The molecule has 1 aromatic carbocycles. The minimum atomic E-state index is -1.25. The molecule has 1 rings (SSSR count). The molecule has 0 atom stereocenters. The van der Waals surface area contributed by atoms with E-state index < -0.39 is 8.07 Å².